The van der Waals surface area contributed by atoms with Gasteiger partial charge in [0.25, 0.3) is 11.8 Å². The van der Waals surface area contributed by atoms with Gasteiger partial charge in [-0.1, -0.05) is 30.3 Å². The number of carbonyl (C=O) groups excluding carboxylic acids is 3. The van der Waals surface area contributed by atoms with Crippen molar-refractivity contribution in [3.8, 4) is 23.0 Å². The van der Waals surface area contributed by atoms with E-state index in [9.17, 15) is 14.4 Å². The predicted molar refractivity (Wildman–Crippen MR) is 132 cm³/mol. The van der Waals surface area contributed by atoms with Crippen molar-refractivity contribution in [3.63, 3.8) is 0 Å². The normalized spacial score (nSPS) is 14.4. The van der Waals surface area contributed by atoms with E-state index in [1.54, 1.807) is 67.8 Å². The van der Waals surface area contributed by atoms with Crippen LogP contribution in [0.4, 0.5) is 10.5 Å². The van der Waals surface area contributed by atoms with Crippen molar-refractivity contribution >= 4 is 29.6 Å². The summed E-state index contributed by atoms with van der Waals surface area (Å²) in [5, 5.41) is 2.21. The summed E-state index contributed by atoms with van der Waals surface area (Å²) in [6.45, 7) is 0.444. The highest BCUT2D eigenvalue weighted by Gasteiger charge is 2.37. The molecule has 1 N–H and O–H groups in total. The number of anilines is 1. The zero-order valence-corrected chi connectivity index (χ0v) is 19.7. The van der Waals surface area contributed by atoms with Crippen LogP contribution in [0.25, 0.3) is 6.08 Å². The molecule has 1 aliphatic heterocycles. The van der Waals surface area contributed by atoms with Gasteiger partial charge in [0.05, 0.1) is 19.9 Å². The first-order chi connectivity index (χ1) is 17.5. The number of amides is 4. The fourth-order valence-corrected chi connectivity index (χ4v) is 3.55. The molecule has 0 radical (unpaired) electrons. The molecule has 1 heterocycles. The SMILES string of the molecule is COc1ccc(N2C(=O)NC(=O)/C(=C/c3ccccc3OCCOc3ccccc3OC)C2=O)cc1. The number of benzene rings is 3. The molecule has 0 spiro atoms. The standard InChI is InChI=1S/C27H24N2O7/c1-33-20-13-11-19(12-14-20)29-26(31)21(25(30)28-27(29)32)17-18-7-3-4-8-22(18)35-15-16-36-24-10-6-5-9-23(24)34-2/h3-14,17H,15-16H2,1-2H3,(H,28,30,32)/b21-17-. The average molecular weight is 488 g/mol. The average Bonchev–Trinajstić information content (AvgIpc) is 2.90. The number of hydrogen-bond acceptors (Lipinski definition) is 7. The third-order valence-electron chi connectivity index (χ3n) is 5.32. The number of carbonyl (C=O) groups is 3. The van der Waals surface area contributed by atoms with Crippen LogP contribution in [0, 0.1) is 0 Å². The topological polar surface area (TPSA) is 103 Å². The Hall–Kier alpha value is -4.79. The van der Waals surface area contributed by atoms with Crippen molar-refractivity contribution in [1.82, 2.24) is 5.32 Å². The van der Waals surface area contributed by atoms with Crippen LogP contribution >= 0.6 is 0 Å². The van der Waals surface area contributed by atoms with Gasteiger partial charge in [-0.25, -0.2) is 9.69 Å². The molecular formula is C27H24N2O7. The fraction of sp³-hybridized carbons (Fsp3) is 0.148. The summed E-state index contributed by atoms with van der Waals surface area (Å²) in [7, 11) is 3.08. The molecule has 0 aromatic heterocycles. The second-order valence-corrected chi connectivity index (χ2v) is 7.54. The smallest absolute Gasteiger partial charge is 0.335 e. The Labute approximate surface area is 207 Å². The van der Waals surface area contributed by atoms with Gasteiger partial charge in [0.1, 0.15) is 30.3 Å². The number of nitrogens with zero attached hydrogens (tertiary/aromatic N) is 1. The van der Waals surface area contributed by atoms with Gasteiger partial charge in [-0.3, -0.25) is 14.9 Å². The number of barbiturate groups is 1. The Bertz CT molecular complexity index is 1300. The Morgan fingerprint density at radius 3 is 2.03 bits per heavy atom. The van der Waals surface area contributed by atoms with Gasteiger partial charge in [0, 0.05) is 5.56 Å². The first kappa shape index (κ1) is 24.3. The van der Waals surface area contributed by atoms with Crippen LogP contribution in [0.3, 0.4) is 0 Å². The van der Waals surface area contributed by atoms with E-state index in [1.165, 1.54) is 13.2 Å². The maximum absolute atomic E-state index is 13.2. The second-order valence-electron chi connectivity index (χ2n) is 7.54. The van der Waals surface area contributed by atoms with Crippen molar-refractivity contribution in [3.05, 3.63) is 83.9 Å². The zero-order chi connectivity index (χ0) is 25.5. The lowest BCUT2D eigenvalue weighted by molar-refractivity contribution is -0.122. The van der Waals surface area contributed by atoms with Crippen LogP contribution in [0.2, 0.25) is 0 Å². The molecule has 36 heavy (non-hydrogen) atoms. The van der Waals surface area contributed by atoms with E-state index >= 15 is 0 Å². The Kier molecular flexibility index (Phi) is 7.50. The van der Waals surface area contributed by atoms with E-state index in [-0.39, 0.29) is 18.8 Å². The van der Waals surface area contributed by atoms with E-state index in [0.717, 1.165) is 4.90 Å². The zero-order valence-electron chi connectivity index (χ0n) is 19.7. The quantitative estimate of drug-likeness (QED) is 0.277. The molecule has 3 aromatic rings. The first-order valence-corrected chi connectivity index (χ1v) is 11.0. The molecule has 4 amide bonds. The van der Waals surface area contributed by atoms with Gasteiger partial charge in [0.15, 0.2) is 11.5 Å². The van der Waals surface area contributed by atoms with Gasteiger partial charge < -0.3 is 18.9 Å². The maximum atomic E-state index is 13.2. The van der Waals surface area contributed by atoms with Crippen molar-refractivity contribution in [1.29, 1.82) is 0 Å². The summed E-state index contributed by atoms with van der Waals surface area (Å²) in [5.74, 6) is 0.679. The Morgan fingerprint density at radius 2 is 1.36 bits per heavy atom. The van der Waals surface area contributed by atoms with Crippen LogP contribution in [0.5, 0.6) is 23.0 Å². The lowest BCUT2D eigenvalue weighted by Gasteiger charge is -2.26. The highest BCUT2D eigenvalue weighted by molar-refractivity contribution is 6.39. The molecule has 4 rings (SSSR count). The molecular weight excluding hydrogens is 464 g/mol. The number of methoxy groups -OCH3 is 2. The van der Waals surface area contributed by atoms with Gasteiger partial charge in [-0.05, 0) is 48.5 Å². The summed E-state index contributed by atoms with van der Waals surface area (Å²) in [6, 6.07) is 19.7. The van der Waals surface area contributed by atoms with Gasteiger partial charge in [0.2, 0.25) is 0 Å². The fourth-order valence-electron chi connectivity index (χ4n) is 3.55. The molecule has 184 valence electrons. The van der Waals surface area contributed by atoms with E-state index < -0.39 is 17.8 Å². The van der Waals surface area contributed by atoms with Crippen LogP contribution in [-0.4, -0.2) is 45.3 Å². The third kappa shape index (κ3) is 5.30. The summed E-state index contributed by atoms with van der Waals surface area (Å²) in [4.78, 5) is 39.1. The van der Waals surface area contributed by atoms with E-state index in [1.807, 2.05) is 12.1 Å². The van der Waals surface area contributed by atoms with Crippen LogP contribution < -0.4 is 29.2 Å². The number of urea groups is 1. The Balaban J connectivity index is 1.50. The number of para-hydroxylation sites is 3. The molecule has 9 heteroatoms. The third-order valence-corrected chi connectivity index (χ3v) is 5.32. The maximum Gasteiger partial charge on any atom is 0.335 e. The summed E-state index contributed by atoms with van der Waals surface area (Å²) in [6.07, 6.45) is 1.40. The molecule has 0 aliphatic carbocycles. The lowest BCUT2D eigenvalue weighted by Crippen LogP contribution is -2.54. The summed E-state index contributed by atoms with van der Waals surface area (Å²) < 4.78 is 22.0. The van der Waals surface area contributed by atoms with Crippen molar-refractivity contribution < 1.29 is 33.3 Å². The van der Waals surface area contributed by atoms with Gasteiger partial charge in [-0.2, -0.15) is 0 Å². The molecule has 0 unspecified atom stereocenters. The number of hydrogen-bond donors (Lipinski definition) is 1. The highest BCUT2D eigenvalue weighted by atomic mass is 16.5. The van der Waals surface area contributed by atoms with Crippen molar-refractivity contribution in [2.45, 2.75) is 0 Å². The molecule has 0 atom stereocenters. The monoisotopic (exact) mass is 488 g/mol. The minimum Gasteiger partial charge on any atom is -0.497 e. The molecule has 1 fully saturated rings. The molecule has 1 saturated heterocycles. The molecule has 3 aromatic carbocycles. The van der Waals surface area contributed by atoms with Crippen molar-refractivity contribution in [2.24, 2.45) is 0 Å². The minimum absolute atomic E-state index is 0.202. The first-order valence-electron chi connectivity index (χ1n) is 11.0. The number of imide groups is 2. The van der Waals surface area contributed by atoms with Crippen LogP contribution in [-0.2, 0) is 9.59 Å². The van der Waals surface area contributed by atoms with Crippen LogP contribution in [0.15, 0.2) is 78.4 Å². The highest BCUT2D eigenvalue weighted by Crippen LogP contribution is 2.28. The number of nitrogens with one attached hydrogen (secondary N) is 1. The largest absolute Gasteiger partial charge is 0.497 e. The lowest BCUT2D eigenvalue weighted by atomic mass is 10.1. The minimum atomic E-state index is -0.828. The van der Waals surface area contributed by atoms with E-state index in [2.05, 4.69) is 5.32 Å². The summed E-state index contributed by atoms with van der Waals surface area (Å²) in [5.41, 5.74) is 0.596. The Morgan fingerprint density at radius 1 is 0.750 bits per heavy atom. The van der Waals surface area contributed by atoms with Gasteiger partial charge >= 0.3 is 6.03 Å². The molecule has 0 bridgehead atoms. The molecule has 1 aliphatic rings. The van der Waals surface area contributed by atoms with Gasteiger partial charge in [-0.15, -0.1) is 0 Å². The summed E-state index contributed by atoms with van der Waals surface area (Å²) >= 11 is 0. The molecule has 0 saturated carbocycles. The number of ether oxygens (including phenoxy) is 4. The van der Waals surface area contributed by atoms with Crippen LogP contribution in [0.1, 0.15) is 5.56 Å². The van der Waals surface area contributed by atoms with E-state index in [4.69, 9.17) is 18.9 Å². The predicted octanol–water partition coefficient (Wildman–Crippen LogP) is 3.83. The number of rotatable bonds is 9. The van der Waals surface area contributed by atoms with Crippen molar-refractivity contribution in [2.75, 3.05) is 32.3 Å². The van der Waals surface area contributed by atoms with E-state index in [0.29, 0.717) is 34.2 Å². The second kappa shape index (κ2) is 11.1. The molecule has 9 nitrogen and oxygen atoms in total.